The van der Waals surface area contributed by atoms with Crippen molar-refractivity contribution in [1.82, 2.24) is 8.61 Å². The van der Waals surface area contributed by atoms with Crippen LogP contribution in [0.25, 0.3) is 0 Å². The molecule has 11 nitrogen and oxygen atoms in total. The summed E-state index contributed by atoms with van der Waals surface area (Å²) in [6.45, 7) is 3.78. The highest BCUT2D eigenvalue weighted by molar-refractivity contribution is 7.89. The first-order valence-corrected chi connectivity index (χ1v) is 15.1. The summed E-state index contributed by atoms with van der Waals surface area (Å²) in [6.07, 6.45) is 2.29. The molecule has 0 aromatic heterocycles. The summed E-state index contributed by atoms with van der Waals surface area (Å²) < 4.78 is 49.4. The maximum Gasteiger partial charge on any atom is 0.303 e. The molecule has 13 heteroatoms. The summed E-state index contributed by atoms with van der Waals surface area (Å²) in [4.78, 5) is 23.4. The van der Waals surface area contributed by atoms with Gasteiger partial charge in [-0.1, -0.05) is 28.7 Å². The Bertz CT molecular complexity index is 1260. The van der Waals surface area contributed by atoms with Gasteiger partial charge in [-0.15, -0.1) is 0 Å². The average molecular weight is 627 g/mol. The normalized spacial score (nSPS) is 10.6. The number of carboxylic acid groups (broad SMARTS) is 1. The number of nitrogens with one attached hydrogen (secondary N) is 1. The zero-order valence-electron chi connectivity index (χ0n) is 24.0. The molecule has 0 heterocycles. The van der Waals surface area contributed by atoms with Crippen LogP contribution in [0.15, 0.2) is 58.3 Å². The van der Waals surface area contributed by atoms with Crippen molar-refractivity contribution >= 4 is 43.3 Å². The monoisotopic (exact) mass is 626 g/mol. The van der Waals surface area contributed by atoms with Gasteiger partial charge in [-0.05, 0) is 61.4 Å². The Morgan fingerprint density at radius 2 is 1.10 bits per heavy atom. The number of benzene rings is 2. The number of rotatable bonds is 10. The van der Waals surface area contributed by atoms with Crippen LogP contribution >= 0.6 is 0 Å². The minimum absolute atomic E-state index is 0. The predicted octanol–water partition coefficient (Wildman–Crippen LogP) is 5.31. The Morgan fingerprint density at radius 3 is 1.37 bits per heavy atom. The fraction of sp³-hybridized carbons (Fsp3) is 0.500. The molecule has 0 radical (unpaired) electrons. The molecule has 2 N–H and O–H groups in total. The third kappa shape index (κ3) is 14.0. The number of nitrogens with zero attached hydrogens (tertiary/aromatic N) is 3. The van der Waals surface area contributed by atoms with Crippen LogP contribution in [0.5, 0.6) is 0 Å². The molecule has 0 fully saturated rings. The second-order valence-corrected chi connectivity index (χ2v) is 13.0. The zero-order chi connectivity index (χ0) is 30.4. The largest absolute Gasteiger partial charge is 0.481 e. The molecule has 2 rings (SSSR count). The summed E-state index contributed by atoms with van der Waals surface area (Å²) in [5.74, 6) is -0.691. The van der Waals surface area contributed by atoms with Crippen molar-refractivity contribution in [3.05, 3.63) is 48.5 Å². The summed E-state index contributed by atoms with van der Waals surface area (Å²) >= 11 is 0. The van der Waals surface area contributed by atoms with Crippen LogP contribution in [0.2, 0.25) is 0 Å². The number of sulfonamides is 2. The van der Waals surface area contributed by atoms with Gasteiger partial charge in [0.1, 0.15) is 0 Å². The Hall–Kier alpha value is -3.00. The van der Waals surface area contributed by atoms with Gasteiger partial charge in [-0.3, -0.25) is 9.59 Å². The van der Waals surface area contributed by atoms with E-state index in [1.165, 1.54) is 49.5 Å². The molecule has 0 saturated carbocycles. The van der Waals surface area contributed by atoms with E-state index in [0.717, 1.165) is 22.8 Å². The fourth-order valence-corrected chi connectivity index (χ4v) is 4.60. The van der Waals surface area contributed by atoms with Gasteiger partial charge in [0.25, 0.3) is 0 Å². The molecule has 0 spiro atoms. The van der Waals surface area contributed by atoms with Crippen molar-refractivity contribution < 1.29 is 34.4 Å². The second-order valence-electron chi connectivity index (χ2n) is 8.69. The van der Waals surface area contributed by atoms with E-state index < -0.39 is 26.0 Å². The lowest BCUT2D eigenvalue weighted by molar-refractivity contribution is -0.137. The summed E-state index contributed by atoms with van der Waals surface area (Å²) in [5, 5.41) is 10.8. The summed E-state index contributed by atoms with van der Waals surface area (Å²) in [7, 11) is 2.76. The van der Waals surface area contributed by atoms with Crippen LogP contribution in [-0.4, -0.2) is 84.7 Å². The van der Waals surface area contributed by atoms with Crippen LogP contribution in [-0.2, 0) is 29.6 Å². The molecule has 1 amide bonds. The van der Waals surface area contributed by atoms with Gasteiger partial charge in [-0.2, -0.15) is 0 Å². The molecule has 0 saturated heterocycles. The number of hydrogen-bond acceptors (Lipinski definition) is 7. The Morgan fingerprint density at radius 1 is 0.732 bits per heavy atom. The summed E-state index contributed by atoms with van der Waals surface area (Å²) in [5.41, 5.74) is 1.58. The van der Waals surface area contributed by atoms with E-state index in [4.69, 9.17) is 5.11 Å². The van der Waals surface area contributed by atoms with Crippen LogP contribution in [0.3, 0.4) is 0 Å². The molecule has 240 valence electrons. The third-order valence-corrected chi connectivity index (χ3v) is 8.88. The fourth-order valence-electron chi connectivity index (χ4n) is 2.80. The van der Waals surface area contributed by atoms with Gasteiger partial charge < -0.3 is 15.3 Å². The first-order valence-electron chi connectivity index (χ1n) is 12.3. The van der Waals surface area contributed by atoms with Crippen LogP contribution in [0.4, 0.5) is 11.4 Å². The SMILES string of the molecule is C.C.CCCC(=O)N(C)c1ccc(S(=O)(=O)N(C)C)cc1.CCCC(=O)O.CNc1ccc(S(=O)(=O)N(C)C)cc1.[3HH].[3HH]. The predicted molar refractivity (Wildman–Crippen MR) is 173 cm³/mol. The number of carbonyl (C=O) groups is 2. The van der Waals surface area contributed by atoms with Crippen molar-refractivity contribution in [3.8, 4) is 0 Å². The highest BCUT2D eigenvalue weighted by Gasteiger charge is 2.18. The maximum atomic E-state index is 11.9. The van der Waals surface area contributed by atoms with E-state index >= 15 is 0 Å². The van der Waals surface area contributed by atoms with Gasteiger partial charge in [0.15, 0.2) is 0 Å². The quantitative estimate of drug-likeness (QED) is 0.361. The molecule has 2 aromatic carbocycles. The number of carboxylic acids is 1. The van der Waals surface area contributed by atoms with Gasteiger partial charge >= 0.3 is 5.97 Å². The lowest BCUT2D eigenvalue weighted by Crippen LogP contribution is -2.26. The van der Waals surface area contributed by atoms with E-state index in [1.807, 2.05) is 13.8 Å². The van der Waals surface area contributed by atoms with Gasteiger partial charge in [0.2, 0.25) is 26.0 Å². The highest BCUT2D eigenvalue weighted by atomic mass is 32.2. The zero-order valence-corrected chi connectivity index (χ0v) is 25.6. The van der Waals surface area contributed by atoms with E-state index in [2.05, 4.69) is 5.32 Å². The van der Waals surface area contributed by atoms with Crippen molar-refractivity contribution in [2.24, 2.45) is 0 Å². The van der Waals surface area contributed by atoms with Gasteiger partial charge in [0.05, 0.1) is 9.79 Å². The topological polar surface area (TPSA) is 144 Å². The Kier molecular flexibility index (Phi) is 20.7. The average Bonchev–Trinajstić information content (AvgIpc) is 2.89. The molecule has 0 unspecified atom stereocenters. The molecule has 0 aliphatic rings. The smallest absolute Gasteiger partial charge is 0.303 e. The minimum atomic E-state index is -3.42. The third-order valence-electron chi connectivity index (χ3n) is 5.23. The Balaban J connectivity index is -0.000000179. The van der Waals surface area contributed by atoms with Crippen molar-refractivity contribution in [2.75, 3.05) is 52.5 Å². The number of amides is 1. The lowest BCUT2D eigenvalue weighted by Gasteiger charge is -2.18. The van der Waals surface area contributed by atoms with Gasteiger partial charge in [0, 0.05) is 69.4 Å². The number of hydrogen-bond donors (Lipinski definition) is 2. The molecule has 0 bridgehead atoms. The number of anilines is 2. The van der Waals surface area contributed by atoms with Gasteiger partial charge in [-0.25, -0.2) is 25.4 Å². The number of aliphatic carboxylic acids is 1. The lowest BCUT2D eigenvalue weighted by atomic mass is 10.2. The standard InChI is InChI=1S/C13H20N2O3S.C9H14N2O2S.C4H8O2.2CH4.2H2/c1-5-6-13(16)15(4)11-7-9-12(10-8-11)19(17,18)14(2)3;1-10-8-4-6-9(7-5-8)14(12,13)11(2)3;1-2-3-4(5)6;;;;/h7-10H,5-6H2,1-4H3;4-7,10H,1-3H3;2-3H2,1H3,(H,5,6);2*1H4;2*1H/i;;;;;2*1+2. The molecule has 41 heavy (non-hydrogen) atoms. The molecule has 0 aliphatic heterocycles. The highest BCUT2D eigenvalue weighted by Crippen LogP contribution is 2.19. The Labute approximate surface area is 251 Å². The van der Waals surface area contributed by atoms with Crippen LogP contribution in [0, 0.1) is 0 Å². The van der Waals surface area contributed by atoms with Crippen LogP contribution < -0.4 is 10.2 Å². The first-order chi connectivity index (χ1) is 18.1. The molecule has 2 aromatic rings. The molecule has 0 aliphatic carbocycles. The van der Waals surface area contributed by atoms with E-state index in [1.54, 1.807) is 50.5 Å². The maximum absolute atomic E-state index is 11.9. The van der Waals surface area contributed by atoms with E-state index in [9.17, 15) is 26.4 Å². The van der Waals surface area contributed by atoms with Crippen molar-refractivity contribution in [1.29, 1.82) is 0 Å². The first kappa shape index (κ1) is 42.5. The van der Waals surface area contributed by atoms with Crippen LogP contribution in [0.1, 0.15) is 57.2 Å². The molecule has 0 atom stereocenters. The minimum Gasteiger partial charge on any atom is -0.481 e. The second kappa shape index (κ2) is 20.0. The number of carbonyl (C=O) groups excluding carboxylic acids is 1. The van der Waals surface area contributed by atoms with Crippen molar-refractivity contribution in [2.45, 2.75) is 64.2 Å². The van der Waals surface area contributed by atoms with E-state index in [0.29, 0.717) is 23.4 Å². The summed E-state index contributed by atoms with van der Waals surface area (Å²) in [6, 6.07) is 12.9. The van der Waals surface area contributed by atoms with E-state index in [-0.39, 0.29) is 28.5 Å². The molecular weight excluding hydrogens is 568 g/mol. The molecular formula is C28H54N4O7S2. The van der Waals surface area contributed by atoms with Crippen molar-refractivity contribution in [3.63, 3.8) is 0 Å².